The summed E-state index contributed by atoms with van der Waals surface area (Å²) in [5, 5.41) is 0. The van der Waals surface area contributed by atoms with Gasteiger partial charge in [-0.3, -0.25) is 9.69 Å². The second-order valence-electron chi connectivity index (χ2n) is 9.25. The average Bonchev–Trinajstić information content (AvgIpc) is 2.78. The van der Waals surface area contributed by atoms with Crippen LogP contribution in [0.2, 0.25) is 0 Å². The van der Waals surface area contributed by atoms with Gasteiger partial charge < -0.3 is 9.47 Å². The summed E-state index contributed by atoms with van der Waals surface area (Å²) in [7, 11) is 0. The molecule has 1 aromatic rings. The van der Waals surface area contributed by atoms with Crippen molar-refractivity contribution in [2.75, 3.05) is 26.2 Å². The highest BCUT2D eigenvalue weighted by Gasteiger charge is 2.29. The predicted octanol–water partition coefficient (Wildman–Crippen LogP) is 4.56. The molecule has 0 unspecified atom stereocenters. The van der Waals surface area contributed by atoms with Gasteiger partial charge in [0, 0.05) is 49.1 Å². The molecule has 0 spiro atoms. The van der Waals surface area contributed by atoms with Gasteiger partial charge in [-0.25, -0.2) is 0 Å². The van der Waals surface area contributed by atoms with Gasteiger partial charge in [0.25, 0.3) is 5.91 Å². The molecule has 4 heteroatoms. The van der Waals surface area contributed by atoms with E-state index in [0.717, 1.165) is 38.2 Å². The van der Waals surface area contributed by atoms with E-state index in [9.17, 15) is 4.79 Å². The Balaban J connectivity index is 1.76. The molecular weight excluding hydrogens is 322 g/mol. The number of rotatable bonds is 2. The van der Waals surface area contributed by atoms with Crippen molar-refractivity contribution in [2.24, 2.45) is 0 Å². The smallest absolute Gasteiger partial charge is 0.255 e. The summed E-state index contributed by atoms with van der Waals surface area (Å²) in [6.07, 6.45) is 7.58. The van der Waals surface area contributed by atoms with Crippen LogP contribution < -0.4 is 0 Å². The lowest BCUT2D eigenvalue weighted by Crippen LogP contribution is -2.44. The highest BCUT2D eigenvalue weighted by atomic mass is 16.2. The first-order chi connectivity index (χ1) is 12.3. The van der Waals surface area contributed by atoms with Gasteiger partial charge in [0.2, 0.25) is 0 Å². The van der Waals surface area contributed by atoms with Crippen molar-refractivity contribution in [1.29, 1.82) is 0 Å². The first-order valence-corrected chi connectivity index (χ1v) is 10.5. The quantitative estimate of drug-likeness (QED) is 0.774. The van der Waals surface area contributed by atoms with Gasteiger partial charge in [-0.05, 0) is 59.9 Å². The van der Waals surface area contributed by atoms with Crippen LogP contribution in [0.3, 0.4) is 0 Å². The van der Waals surface area contributed by atoms with E-state index in [1.54, 1.807) is 0 Å². The van der Waals surface area contributed by atoms with Crippen molar-refractivity contribution < 1.29 is 4.79 Å². The number of hydrogen-bond donors (Lipinski definition) is 0. The average molecular weight is 360 g/mol. The molecule has 1 aromatic heterocycles. The highest BCUT2D eigenvalue weighted by molar-refractivity contribution is 5.95. The summed E-state index contributed by atoms with van der Waals surface area (Å²) in [4.78, 5) is 17.9. The normalized spacial score (nSPS) is 21.0. The number of amides is 1. The molecule has 1 aliphatic carbocycles. The van der Waals surface area contributed by atoms with Crippen LogP contribution >= 0.6 is 0 Å². The van der Waals surface area contributed by atoms with Gasteiger partial charge in [-0.1, -0.05) is 19.3 Å². The second kappa shape index (κ2) is 7.75. The Kier molecular flexibility index (Phi) is 5.81. The van der Waals surface area contributed by atoms with Crippen LogP contribution in [0, 0.1) is 13.8 Å². The fraction of sp³-hybridized carbons (Fsp3) is 0.773. The van der Waals surface area contributed by atoms with Crippen molar-refractivity contribution in [3.63, 3.8) is 0 Å². The Labute approximate surface area is 159 Å². The van der Waals surface area contributed by atoms with Crippen LogP contribution in [-0.2, 0) is 0 Å². The molecule has 0 bridgehead atoms. The van der Waals surface area contributed by atoms with Gasteiger partial charge in [0.1, 0.15) is 0 Å². The molecule has 4 nitrogen and oxygen atoms in total. The van der Waals surface area contributed by atoms with E-state index in [1.807, 2.05) is 0 Å². The summed E-state index contributed by atoms with van der Waals surface area (Å²) >= 11 is 0. The molecule has 1 aliphatic heterocycles. The van der Waals surface area contributed by atoms with Crippen molar-refractivity contribution >= 4 is 5.91 Å². The fourth-order valence-corrected chi connectivity index (χ4v) is 4.86. The minimum absolute atomic E-state index is 0.176. The molecule has 0 aromatic carbocycles. The van der Waals surface area contributed by atoms with Crippen LogP contribution in [0.5, 0.6) is 0 Å². The molecule has 3 rings (SSSR count). The first kappa shape index (κ1) is 19.5. The van der Waals surface area contributed by atoms with E-state index in [0.29, 0.717) is 6.04 Å². The van der Waals surface area contributed by atoms with E-state index in [2.05, 4.69) is 55.1 Å². The lowest BCUT2D eigenvalue weighted by molar-refractivity contribution is 0.0748. The van der Waals surface area contributed by atoms with E-state index < -0.39 is 0 Å². The third kappa shape index (κ3) is 4.00. The molecule has 1 amide bonds. The molecule has 1 saturated heterocycles. The Morgan fingerprint density at radius 1 is 0.962 bits per heavy atom. The van der Waals surface area contributed by atoms with E-state index >= 15 is 0 Å². The summed E-state index contributed by atoms with van der Waals surface area (Å²) in [6.45, 7) is 14.9. The van der Waals surface area contributed by atoms with Gasteiger partial charge in [0.15, 0.2) is 0 Å². The lowest BCUT2D eigenvalue weighted by Gasteiger charge is -2.34. The summed E-state index contributed by atoms with van der Waals surface area (Å²) in [5.41, 5.74) is 3.54. The maximum Gasteiger partial charge on any atom is 0.255 e. The molecule has 26 heavy (non-hydrogen) atoms. The monoisotopic (exact) mass is 359 g/mol. The third-order valence-electron chi connectivity index (χ3n) is 6.39. The SMILES string of the molecule is Cc1cc(C(=O)N2CCCN(C(C)(C)C)CC2)c(C)n1C1CCCCC1. The zero-order valence-corrected chi connectivity index (χ0v) is 17.5. The predicted molar refractivity (Wildman–Crippen MR) is 108 cm³/mol. The van der Waals surface area contributed by atoms with E-state index in [1.165, 1.54) is 43.5 Å². The van der Waals surface area contributed by atoms with Crippen LogP contribution in [0.1, 0.15) is 87.1 Å². The molecule has 2 fully saturated rings. The standard InChI is InChI=1S/C22H37N3O/c1-17-16-20(18(2)25(17)19-10-7-6-8-11-19)21(26)23-12-9-13-24(15-14-23)22(3,4)5/h16,19H,6-15H2,1-5H3. The molecule has 146 valence electrons. The number of aryl methyl sites for hydroxylation is 1. The van der Waals surface area contributed by atoms with Gasteiger partial charge in [-0.2, -0.15) is 0 Å². The zero-order valence-electron chi connectivity index (χ0n) is 17.5. The van der Waals surface area contributed by atoms with E-state index in [-0.39, 0.29) is 11.4 Å². The Hall–Kier alpha value is -1.29. The molecule has 1 saturated carbocycles. The van der Waals surface area contributed by atoms with Gasteiger partial charge in [-0.15, -0.1) is 0 Å². The number of nitrogens with zero attached hydrogens (tertiary/aromatic N) is 3. The van der Waals surface area contributed by atoms with E-state index in [4.69, 9.17) is 0 Å². The Morgan fingerprint density at radius 3 is 2.31 bits per heavy atom. The maximum atomic E-state index is 13.3. The Morgan fingerprint density at radius 2 is 1.65 bits per heavy atom. The van der Waals surface area contributed by atoms with Crippen molar-refractivity contribution in [1.82, 2.24) is 14.4 Å². The summed E-state index contributed by atoms with van der Waals surface area (Å²) in [6, 6.07) is 2.73. The summed E-state index contributed by atoms with van der Waals surface area (Å²) in [5.74, 6) is 0.232. The first-order valence-electron chi connectivity index (χ1n) is 10.5. The fourth-order valence-electron chi connectivity index (χ4n) is 4.86. The number of hydrogen-bond acceptors (Lipinski definition) is 2. The topological polar surface area (TPSA) is 28.5 Å². The Bertz CT molecular complexity index is 635. The van der Waals surface area contributed by atoms with Crippen LogP contribution in [0.4, 0.5) is 0 Å². The molecule has 2 heterocycles. The van der Waals surface area contributed by atoms with Crippen LogP contribution in [-0.4, -0.2) is 52.0 Å². The van der Waals surface area contributed by atoms with Crippen molar-refractivity contribution in [3.8, 4) is 0 Å². The third-order valence-corrected chi connectivity index (χ3v) is 6.39. The van der Waals surface area contributed by atoms with Crippen LogP contribution in [0.15, 0.2) is 6.07 Å². The minimum atomic E-state index is 0.176. The zero-order chi connectivity index (χ0) is 18.9. The lowest BCUT2D eigenvalue weighted by atomic mass is 9.95. The molecule has 0 radical (unpaired) electrons. The highest BCUT2D eigenvalue weighted by Crippen LogP contribution is 2.32. The van der Waals surface area contributed by atoms with Gasteiger partial charge in [0.05, 0.1) is 5.56 Å². The number of carbonyl (C=O) groups excluding carboxylic acids is 1. The van der Waals surface area contributed by atoms with Crippen molar-refractivity contribution in [2.45, 2.75) is 84.7 Å². The molecule has 2 aliphatic rings. The largest absolute Gasteiger partial charge is 0.345 e. The second-order valence-corrected chi connectivity index (χ2v) is 9.25. The maximum absolute atomic E-state index is 13.3. The van der Waals surface area contributed by atoms with Crippen molar-refractivity contribution in [3.05, 3.63) is 23.0 Å². The number of carbonyl (C=O) groups is 1. The van der Waals surface area contributed by atoms with Gasteiger partial charge >= 0.3 is 0 Å². The molecule has 0 atom stereocenters. The molecular formula is C22H37N3O. The minimum Gasteiger partial charge on any atom is -0.345 e. The summed E-state index contributed by atoms with van der Waals surface area (Å²) < 4.78 is 2.45. The molecule has 0 N–H and O–H groups in total. The van der Waals surface area contributed by atoms with Crippen LogP contribution in [0.25, 0.3) is 0 Å². The number of aromatic nitrogens is 1.